The molecule has 5 heteroatoms. The third-order valence-corrected chi connectivity index (χ3v) is 3.99. The number of allylic oxidation sites excluding steroid dienone is 1. The van der Waals surface area contributed by atoms with Crippen LogP contribution in [0, 0.1) is 0 Å². The van der Waals surface area contributed by atoms with Gasteiger partial charge in [-0.1, -0.05) is 51.8 Å². The number of hydrogen-bond donors (Lipinski definition) is 3. The van der Waals surface area contributed by atoms with E-state index in [9.17, 15) is 0 Å². The van der Waals surface area contributed by atoms with Gasteiger partial charge >= 0.3 is 0 Å². The van der Waals surface area contributed by atoms with Gasteiger partial charge in [0.1, 0.15) is 0 Å². The molecule has 1 aliphatic rings. The minimum atomic E-state index is 1.05. The Morgan fingerprint density at radius 2 is 1.87 bits per heavy atom. The number of hydrogen-bond acceptors (Lipinski definition) is 5. The maximum absolute atomic E-state index is 4.39. The van der Waals surface area contributed by atoms with Crippen LogP contribution in [-0.2, 0) is 0 Å². The molecule has 1 heterocycles. The fourth-order valence-corrected chi connectivity index (χ4v) is 3.11. The molecule has 0 unspecified atom stereocenters. The molecule has 0 atom stereocenters. The number of thiol groups is 2. The molecule has 0 fully saturated rings. The summed E-state index contributed by atoms with van der Waals surface area (Å²) in [6.07, 6.45) is 9.10. The Bertz CT molecular complexity index is 219. The first-order chi connectivity index (χ1) is 7.24. The van der Waals surface area contributed by atoms with Gasteiger partial charge in [0.15, 0.2) is 0 Å². The molecule has 0 aliphatic carbocycles. The molecule has 15 heavy (non-hydrogen) atoms. The summed E-state index contributed by atoms with van der Waals surface area (Å²) in [5, 5.41) is 0. The molecule has 0 radical (unpaired) electrons. The average Bonchev–Trinajstić information content (AvgIpc) is 2.51. The lowest BCUT2D eigenvalue weighted by Gasteiger charge is -2.07. The van der Waals surface area contributed by atoms with E-state index in [2.05, 4.69) is 37.8 Å². The highest BCUT2D eigenvalue weighted by molar-refractivity contribution is 8.18. The molecule has 1 aliphatic heterocycles. The first-order valence-electron chi connectivity index (χ1n) is 5.59. The van der Waals surface area contributed by atoms with Gasteiger partial charge in [-0.15, -0.1) is 16.4 Å². The van der Waals surface area contributed by atoms with Crippen molar-refractivity contribution >= 4 is 37.4 Å². The van der Waals surface area contributed by atoms with E-state index >= 15 is 0 Å². The van der Waals surface area contributed by atoms with Gasteiger partial charge in [0, 0.05) is 5.70 Å². The number of nitrogens with zero attached hydrogens (tertiary/aromatic N) is 1. The fourth-order valence-electron chi connectivity index (χ4n) is 1.57. The summed E-state index contributed by atoms with van der Waals surface area (Å²) in [7, 11) is 0. The van der Waals surface area contributed by atoms with Crippen molar-refractivity contribution in [1.82, 2.24) is 9.25 Å². The van der Waals surface area contributed by atoms with E-state index in [0.29, 0.717) is 0 Å². The standard InChI is InChI=1S/C10H20N2S3/c1-2-3-4-5-6-7-8-9-10(13)15-12(14)11-9/h11,13-14H,2-8H2,1H3. The molecule has 0 aromatic rings. The van der Waals surface area contributed by atoms with Crippen molar-refractivity contribution in [1.29, 1.82) is 0 Å². The number of nitrogens with one attached hydrogen (secondary N) is 1. The van der Waals surface area contributed by atoms with Crippen molar-refractivity contribution < 1.29 is 0 Å². The zero-order chi connectivity index (χ0) is 11.1. The maximum atomic E-state index is 4.39. The normalized spacial score (nSPS) is 17.3. The van der Waals surface area contributed by atoms with Gasteiger partial charge < -0.3 is 5.43 Å². The molecule has 0 aromatic heterocycles. The van der Waals surface area contributed by atoms with E-state index in [-0.39, 0.29) is 0 Å². The Morgan fingerprint density at radius 1 is 1.20 bits per heavy atom. The highest BCUT2D eigenvalue weighted by atomic mass is 32.2. The molecule has 0 aromatic carbocycles. The van der Waals surface area contributed by atoms with Crippen molar-refractivity contribution in [3.05, 3.63) is 9.93 Å². The molecule has 1 N–H and O–H groups in total. The van der Waals surface area contributed by atoms with Gasteiger partial charge in [0.05, 0.1) is 4.24 Å². The molecule has 88 valence electrons. The van der Waals surface area contributed by atoms with Gasteiger partial charge in [-0.25, -0.2) is 0 Å². The second-order valence-electron chi connectivity index (χ2n) is 3.78. The topological polar surface area (TPSA) is 15.3 Å². The lowest BCUT2D eigenvalue weighted by atomic mass is 10.1. The quantitative estimate of drug-likeness (QED) is 0.364. The van der Waals surface area contributed by atoms with E-state index in [1.165, 1.54) is 56.2 Å². The van der Waals surface area contributed by atoms with E-state index in [1.807, 2.05) is 0 Å². The summed E-state index contributed by atoms with van der Waals surface area (Å²) in [6.45, 7) is 2.25. The van der Waals surface area contributed by atoms with Crippen molar-refractivity contribution in [2.45, 2.75) is 51.9 Å². The SMILES string of the molecule is CCCCCCCCC1=C(S)SN(S)N1. The summed E-state index contributed by atoms with van der Waals surface area (Å²) in [5.74, 6) is 0. The Balaban J connectivity index is 2.03. The predicted octanol–water partition coefficient (Wildman–Crippen LogP) is 4.15. The van der Waals surface area contributed by atoms with Crippen LogP contribution in [0.1, 0.15) is 51.9 Å². The van der Waals surface area contributed by atoms with Gasteiger partial charge in [0.2, 0.25) is 0 Å². The van der Waals surface area contributed by atoms with Crippen LogP contribution >= 0.6 is 37.4 Å². The molecule has 0 amide bonds. The van der Waals surface area contributed by atoms with Crippen LogP contribution in [0.5, 0.6) is 0 Å². The molecule has 0 saturated heterocycles. The predicted molar refractivity (Wildman–Crippen MR) is 75.6 cm³/mol. The number of hydrazine groups is 1. The van der Waals surface area contributed by atoms with Gasteiger partial charge in [0.25, 0.3) is 0 Å². The van der Waals surface area contributed by atoms with E-state index < -0.39 is 0 Å². The summed E-state index contributed by atoms with van der Waals surface area (Å²) in [6, 6.07) is 0. The number of rotatable bonds is 7. The largest absolute Gasteiger partial charge is 0.302 e. The monoisotopic (exact) mass is 264 g/mol. The summed E-state index contributed by atoms with van der Waals surface area (Å²) in [5.41, 5.74) is 4.39. The molecular weight excluding hydrogens is 244 g/mol. The van der Waals surface area contributed by atoms with Gasteiger partial charge in [-0.3, -0.25) is 0 Å². The minimum absolute atomic E-state index is 1.05. The maximum Gasteiger partial charge on any atom is 0.0758 e. The zero-order valence-corrected chi connectivity index (χ0v) is 11.8. The molecular formula is C10H20N2S3. The second kappa shape index (κ2) is 7.76. The van der Waals surface area contributed by atoms with Crippen LogP contribution in [0.2, 0.25) is 0 Å². The molecule has 1 rings (SSSR count). The van der Waals surface area contributed by atoms with E-state index in [0.717, 1.165) is 10.7 Å². The Kier molecular flexibility index (Phi) is 7.05. The first-order valence-corrected chi connectivity index (χ1v) is 7.22. The molecule has 0 spiro atoms. The summed E-state index contributed by atoms with van der Waals surface area (Å²) in [4.78, 5) is 0. The average molecular weight is 264 g/mol. The highest BCUT2D eigenvalue weighted by Gasteiger charge is 2.16. The van der Waals surface area contributed by atoms with Gasteiger partial charge in [-0.05, 0) is 24.8 Å². The van der Waals surface area contributed by atoms with Crippen LogP contribution in [0.15, 0.2) is 9.93 Å². The first kappa shape index (κ1) is 13.6. The summed E-state index contributed by atoms with van der Waals surface area (Å²) < 4.78 is 2.76. The van der Waals surface area contributed by atoms with Crippen molar-refractivity contribution in [2.24, 2.45) is 0 Å². The minimum Gasteiger partial charge on any atom is -0.302 e. The lowest BCUT2D eigenvalue weighted by molar-refractivity contribution is 0.567. The second-order valence-corrected chi connectivity index (χ2v) is 6.15. The van der Waals surface area contributed by atoms with Gasteiger partial charge in [-0.2, -0.15) is 0 Å². The Morgan fingerprint density at radius 3 is 2.47 bits per heavy atom. The van der Waals surface area contributed by atoms with Crippen molar-refractivity contribution in [3.8, 4) is 0 Å². The zero-order valence-electron chi connectivity index (χ0n) is 9.20. The number of unbranched alkanes of at least 4 members (excludes halogenated alkanes) is 5. The third kappa shape index (κ3) is 5.43. The van der Waals surface area contributed by atoms with Crippen molar-refractivity contribution in [2.75, 3.05) is 0 Å². The van der Waals surface area contributed by atoms with Crippen LogP contribution in [0.3, 0.4) is 0 Å². The lowest BCUT2D eigenvalue weighted by Crippen LogP contribution is -2.17. The molecule has 2 nitrogen and oxygen atoms in total. The smallest absolute Gasteiger partial charge is 0.0758 e. The van der Waals surface area contributed by atoms with Crippen LogP contribution in [-0.4, -0.2) is 3.82 Å². The van der Waals surface area contributed by atoms with Crippen LogP contribution in [0.25, 0.3) is 0 Å². The molecule has 0 saturated carbocycles. The molecule has 0 bridgehead atoms. The van der Waals surface area contributed by atoms with Crippen molar-refractivity contribution in [3.63, 3.8) is 0 Å². The Labute approximate surface area is 108 Å². The Hall–Kier alpha value is 0.550. The highest BCUT2D eigenvalue weighted by Crippen LogP contribution is 2.34. The van der Waals surface area contributed by atoms with Crippen LogP contribution < -0.4 is 5.43 Å². The van der Waals surface area contributed by atoms with E-state index in [4.69, 9.17) is 0 Å². The van der Waals surface area contributed by atoms with Crippen LogP contribution in [0.4, 0.5) is 0 Å². The fraction of sp³-hybridized carbons (Fsp3) is 0.800. The summed E-state index contributed by atoms with van der Waals surface area (Å²) >= 11 is 10.1. The third-order valence-electron chi connectivity index (χ3n) is 2.44. The van der Waals surface area contributed by atoms with E-state index in [1.54, 1.807) is 3.82 Å².